The van der Waals surface area contributed by atoms with E-state index in [-0.39, 0.29) is 22.5 Å². The van der Waals surface area contributed by atoms with Gasteiger partial charge in [-0.1, -0.05) is 12.1 Å². The van der Waals surface area contributed by atoms with Gasteiger partial charge in [0.15, 0.2) is 11.6 Å². The first-order chi connectivity index (χ1) is 13.8. The Kier molecular flexibility index (Phi) is 4.82. The lowest BCUT2D eigenvalue weighted by atomic mass is 9.96. The molecule has 0 bridgehead atoms. The highest BCUT2D eigenvalue weighted by Gasteiger charge is 2.28. The van der Waals surface area contributed by atoms with E-state index >= 15 is 0 Å². The zero-order chi connectivity index (χ0) is 20.6. The van der Waals surface area contributed by atoms with Crippen LogP contribution < -0.4 is 15.4 Å². The number of rotatable bonds is 5. The molecule has 0 saturated carbocycles. The van der Waals surface area contributed by atoms with Crippen molar-refractivity contribution in [2.45, 2.75) is 17.7 Å². The average Bonchev–Trinajstić information content (AvgIpc) is 3.15. The number of aryl methyl sites for hydroxylation is 1. The van der Waals surface area contributed by atoms with E-state index in [0.717, 1.165) is 0 Å². The van der Waals surface area contributed by atoms with Gasteiger partial charge < -0.3 is 10.6 Å². The monoisotopic (exact) mass is 415 g/mol. The van der Waals surface area contributed by atoms with Gasteiger partial charge in [0.2, 0.25) is 5.91 Å². The number of nitrogens with two attached hydrogens (primary N) is 1. The molecule has 4 rings (SSSR count). The highest BCUT2D eigenvalue weighted by Crippen LogP contribution is 2.30. The first kappa shape index (κ1) is 19.1. The van der Waals surface area contributed by atoms with Crippen LogP contribution in [0.1, 0.15) is 12.8 Å². The van der Waals surface area contributed by atoms with Crippen molar-refractivity contribution >= 4 is 38.6 Å². The molecule has 1 amide bonds. The molecule has 2 aromatic heterocycles. The fourth-order valence-electron chi connectivity index (χ4n) is 3.38. The van der Waals surface area contributed by atoms with Crippen LogP contribution in [0.5, 0.6) is 0 Å². The summed E-state index contributed by atoms with van der Waals surface area (Å²) in [4.78, 5) is 22.6. The van der Waals surface area contributed by atoms with Gasteiger partial charge in [0, 0.05) is 32.3 Å². The fourth-order valence-corrected chi connectivity index (χ4v) is 4.37. The molecule has 3 heterocycles. The Morgan fingerprint density at radius 3 is 2.41 bits per heavy atom. The van der Waals surface area contributed by atoms with Crippen LogP contribution in [-0.2, 0) is 21.9 Å². The maximum Gasteiger partial charge on any atom is 0.266 e. The summed E-state index contributed by atoms with van der Waals surface area (Å²) in [6, 6.07) is 7.25. The number of nitrogens with one attached hydrogen (secondary N) is 1. The Bertz CT molecular complexity index is 1170. The van der Waals surface area contributed by atoms with E-state index in [2.05, 4.69) is 19.8 Å². The predicted octanol–water partition coefficient (Wildman–Crippen LogP) is 0.866. The van der Waals surface area contributed by atoms with Gasteiger partial charge in [-0.25, -0.2) is 18.4 Å². The van der Waals surface area contributed by atoms with Gasteiger partial charge in [-0.15, -0.1) is 0 Å². The lowest BCUT2D eigenvalue weighted by molar-refractivity contribution is -0.122. The van der Waals surface area contributed by atoms with Crippen LogP contribution in [0.25, 0.3) is 11.0 Å². The van der Waals surface area contributed by atoms with E-state index in [4.69, 9.17) is 5.73 Å². The number of para-hydroxylation sites is 2. The second-order valence-electron chi connectivity index (χ2n) is 7.00. The molecule has 1 aromatic carbocycles. The van der Waals surface area contributed by atoms with Crippen molar-refractivity contribution in [3.05, 3.63) is 36.7 Å². The molecule has 10 nitrogen and oxygen atoms in total. The molecule has 29 heavy (non-hydrogen) atoms. The number of sulfonamides is 1. The number of amides is 1. The minimum absolute atomic E-state index is 0.0355. The van der Waals surface area contributed by atoms with E-state index < -0.39 is 10.0 Å². The van der Waals surface area contributed by atoms with Crippen molar-refractivity contribution in [1.29, 1.82) is 0 Å². The molecular weight excluding hydrogens is 394 g/mol. The molecule has 0 aliphatic carbocycles. The predicted molar refractivity (Wildman–Crippen MR) is 108 cm³/mol. The fraction of sp³-hybridized carbons (Fsp3) is 0.333. The van der Waals surface area contributed by atoms with E-state index in [1.807, 2.05) is 23.1 Å². The number of carbonyl (C=O) groups is 1. The molecule has 0 spiro atoms. The SMILES string of the molecule is Cn1cc(S(=O)(=O)Nc2nc3ccccc3nc2N2CCC(C(N)=O)CC2)cn1. The number of fused-ring (bicyclic) bond motifs is 1. The van der Waals surface area contributed by atoms with Crippen LogP contribution in [0.15, 0.2) is 41.6 Å². The summed E-state index contributed by atoms with van der Waals surface area (Å²) < 4.78 is 29.6. The Morgan fingerprint density at radius 2 is 1.83 bits per heavy atom. The summed E-state index contributed by atoms with van der Waals surface area (Å²) in [5.74, 6) is 0.0751. The average molecular weight is 415 g/mol. The minimum Gasteiger partial charge on any atom is -0.369 e. The van der Waals surface area contributed by atoms with Gasteiger partial charge in [-0.05, 0) is 25.0 Å². The van der Waals surface area contributed by atoms with E-state index in [9.17, 15) is 13.2 Å². The summed E-state index contributed by atoms with van der Waals surface area (Å²) in [5, 5.41) is 3.92. The maximum absolute atomic E-state index is 12.8. The second-order valence-corrected chi connectivity index (χ2v) is 8.69. The quantitative estimate of drug-likeness (QED) is 0.631. The Hall–Kier alpha value is -3.21. The molecule has 1 aliphatic rings. The van der Waals surface area contributed by atoms with Crippen molar-refractivity contribution in [3.63, 3.8) is 0 Å². The summed E-state index contributed by atoms with van der Waals surface area (Å²) >= 11 is 0. The summed E-state index contributed by atoms with van der Waals surface area (Å²) in [6.07, 6.45) is 3.85. The maximum atomic E-state index is 12.8. The van der Waals surface area contributed by atoms with Gasteiger partial charge >= 0.3 is 0 Å². The molecule has 3 aromatic rings. The van der Waals surface area contributed by atoms with Crippen molar-refractivity contribution in [1.82, 2.24) is 19.7 Å². The van der Waals surface area contributed by atoms with Crippen LogP contribution in [0, 0.1) is 5.92 Å². The molecule has 11 heteroatoms. The molecule has 1 saturated heterocycles. The van der Waals surface area contributed by atoms with Crippen molar-refractivity contribution in [2.75, 3.05) is 22.7 Å². The van der Waals surface area contributed by atoms with Gasteiger partial charge in [0.25, 0.3) is 10.0 Å². The van der Waals surface area contributed by atoms with Crippen molar-refractivity contribution < 1.29 is 13.2 Å². The largest absolute Gasteiger partial charge is 0.369 e. The molecule has 152 valence electrons. The smallest absolute Gasteiger partial charge is 0.266 e. The highest BCUT2D eigenvalue weighted by molar-refractivity contribution is 7.92. The number of piperidine rings is 1. The van der Waals surface area contributed by atoms with Gasteiger partial charge in [0.05, 0.1) is 17.2 Å². The number of primary amides is 1. The molecule has 0 unspecified atom stereocenters. The topological polar surface area (TPSA) is 136 Å². The Labute approximate surface area is 167 Å². The Balaban J connectivity index is 1.72. The third-order valence-corrected chi connectivity index (χ3v) is 6.27. The lowest BCUT2D eigenvalue weighted by Crippen LogP contribution is -2.39. The lowest BCUT2D eigenvalue weighted by Gasteiger charge is -2.32. The normalized spacial score (nSPS) is 15.6. The van der Waals surface area contributed by atoms with E-state index in [1.54, 1.807) is 13.1 Å². The number of benzene rings is 1. The van der Waals surface area contributed by atoms with Gasteiger partial charge in [-0.3, -0.25) is 14.2 Å². The Morgan fingerprint density at radius 1 is 1.17 bits per heavy atom. The number of hydrogen-bond acceptors (Lipinski definition) is 7. The summed E-state index contributed by atoms with van der Waals surface area (Å²) in [6.45, 7) is 1.06. The number of carbonyl (C=O) groups excluding carboxylic acids is 1. The second kappa shape index (κ2) is 7.32. The van der Waals surface area contributed by atoms with Gasteiger partial charge in [0.1, 0.15) is 4.90 Å². The third kappa shape index (κ3) is 3.86. The van der Waals surface area contributed by atoms with Crippen LogP contribution in [-0.4, -0.2) is 47.2 Å². The van der Waals surface area contributed by atoms with Crippen LogP contribution in [0.3, 0.4) is 0 Å². The standard InChI is InChI=1S/C18H21N7O3S/c1-24-11-13(10-20-24)29(27,28)23-17-18(22-15-5-3-2-4-14(15)21-17)25-8-6-12(7-9-25)16(19)26/h2-5,10-12H,6-9H2,1H3,(H2,19,26)(H,21,23). The highest BCUT2D eigenvalue weighted by atomic mass is 32.2. The minimum atomic E-state index is -3.88. The van der Waals surface area contributed by atoms with Crippen LogP contribution in [0.4, 0.5) is 11.6 Å². The number of aromatic nitrogens is 4. The molecule has 3 N–H and O–H groups in total. The van der Waals surface area contributed by atoms with Gasteiger partial charge in [-0.2, -0.15) is 5.10 Å². The van der Waals surface area contributed by atoms with E-state index in [0.29, 0.717) is 42.8 Å². The number of anilines is 2. The first-order valence-electron chi connectivity index (χ1n) is 9.16. The number of nitrogens with zero attached hydrogens (tertiary/aromatic N) is 5. The van der Waals surface area contributed by atoms with Crippen LogP contribution >= 0.6 is 0 Å². The summed E-state index contributed by atoms with van der Waals surface area (Å²) in [5.41, 5.74) is 6.65. The molecule has 1 aliphatic heterocycles. The first-order valence-corrected chi connectivity index (χ1v) is 10.6. The number of hydrogen-bond donors (Lipinski definition) is 2. The molecule has 0 radical (unpaired) electrons. The van der Waals surface area contributed by atoms with Crippen LogP contribution in [0.2, 0.25) is 0 Å². The zero-order valence-electron chi connectivity index (χ0n) is 15.8. The molecular formula is C18H21N7O3S. The van der Waals surface area contributed by atoms with Crippen molar-refractivity contribution in [3.8, 4) is 0 Å². The summed E-state index contributed by atoms with van der Waals surface area (Å²) in [7, 11) is -2.24. The molecule has 1 fully saturated rings. The molecule has 0 atom stereocenters. The van der Waals surface area contributed by atoms with Crippen molar-refractivity contribution in [2.24, 2.45) is 18.7 Å². The third-order valence-electron chi connectivity index (χ3n) is 4.97. The van der Waals surface area contributed by atoms with E-state index in [1.165, 1.54) is 17.1 Å². The zero-order valence-corrected chi connectivity index (χ0v) is 16.6.